The van der Waals surface area contributed by atoms with Crippen molar-refractivity contribution in [1.82, 2.24) is 4.98 Å². The van der Waals surface area contributed by atoms with Crippen molar-refractivity contribution in [3.8, 4) is 0 Å². The summed E-state index contributed by atoms with van der Waals surface area (Å²) in [6.07, 6.45) is 3.42. The molecule has 1 heterocycles. The number of nitrogens with zero attached hydrogens (tertiary/aromatic N) is 1. The van der Waals surface area contributed by atoms with Gasteiger partial charge in [0.15, 0.2) is 0 Å². The number of pyridine rings is 1. The van der Waals surface area contributed by atoms with Crippen molar-refractivity contribution in [2.24, 2.45) is 5.73 Å². The molecule has 0 radical (unpaired) electrons. The Morgan fingerprint density at radius 3 is 3.00 bits per heavy atom. The Kier molecular flexibility index (Phi) is 5.09. The average molecular weight is 337 g/mol. The Labute approximate surface area is 126 Å². The summed E-state index contributed by atoms with van der Waals surface area (Å²) in [5.41, 5.74) is 8.14. The van der Waals surface area contributed by atoms with Crippen LogP contribution in [0.2, 0.25) is 0 Å². The quantitative estimate of drug-likeness (QED) is 0.852. The molecular formula is C15H17BrN2O2. The Morgan fingerprint density at radius 2 is 2.25 bits per heavy atom. The van der Waals surface area contributed by atoms with Crippen molar-refractivity contribution in [3.05, 3.63) is 40.5 Å². The summed E-state index contributed by atoms with van der Waals surface area (Å²) in [6, 6.07) is 7.88. The molecule has 2 rings (SSSR count). The minimum absolute atomic E-state index is 0.0829. The predicted molar refractivity (Wildman–Crippen MR) is 82.4 cm³/mol. The van der Waals surface area contributed by atoms with Crippen LogP contribution in [0, 0.1) is 0 Å². The van der Waals surface area contributed by atoms with E-state index in [1.54, 1.807) is 6.20 Å². The molecule has 5 heteroatoms. The van der Waals surface area contributed by atoms with Crippen LogP contribution in [0.25, 0.3) is 10.9 Å². The number of ether oxygens (including phenoxy) is 1. The molecule has 2 aromatic rings. The molecule has 106 valence electrons. The normalized spacial score (nSPS) is 12.3. The van der Waals surface area contributed by atoms with E-state index in [0.29, 0.717) is 19.3 Å². The van der Waals surface area contributed by atoms with Gasteiger partial charge in [-0.25, -0.2) is 0 Å². The van der Waals surface area contributed by atoms with E-state index in [9.17, 15) is 4.79 Å². The third-order valence-corrected chi connectivity index (χ3v) is 3.92. The standard InChI is InChI=1S/C15H17BrN2O2/c1-20-14(19)7-5-11(17)9-10-4-6-13(16)12-3-2-8-18-15(10)12/h2-4,6,8,11H,5,7,9,17H2,1H3. The Balaban J connectivity index is 2.13. The van der Waals surface area contributed by atoms with E-state index in [0.717, 1.165) is 20.9 Å². The molecule has 1 unspecified atom stereocenters. The van der Waals surface area contributed by atoms with Gasteiger partial charge in [0.05, 0.1) is 12.6 Å². The van der Waals surface area contributed by atoms with Crippen LogP contribution in [-0.4, -0.2) is 24.1 Å². The van der Waals surface area contributed by atoms with Gasteiger partial charge in [-0.3, -0.25) is 9.78 Å². The first-order valence-electron chi connectivity index (χ1n) is 6.46. The van der Waals surface area contributed by atoms with Crippen molar-refractivity contribution in [3.63, 3.8) is 0 Å². The first-order chi connectivity index (χ1) is 9.61. The highest BCUT2D eigenvalue weighted by atomic mass is 79.9. The van der Waals surface area contributed by atoms with Crippen LogP contribution in [0.4, 0.5) is 0 Å². The second kappa shape index (κ2) is 6.81. The lowest BCUT2D eigenvalue weighted by Crippen LogP contribution is -2.24. The summed E-state index contributed by atoms with van der Waals surface area (Å²) in [5, 5.41) is 1.07. The summed E-state index contributed by atoms with van der Waals surface area (Å²) in [5.74, 6) is -0.223. The molecule has 1 aromatic heterocycles. The van der Waals surface area contributed by atoms with Crippen molar-refractivity contribution >= 4 is 32.8 Å². The number of benzene rings is 1. The lowest BCUT2D eigenvalue weighted by Gasteiger charge is -2.13. The third kappa shape index (κ3) is 3.55. The minimum Gasteiger partial charge on any atom is -0.469 e. The maximum Gasteiger partial charge on any atom is 0.305 e. The Morgan fingerprint density at radius 1 is 1.45 bits per heavy atom. The molecule has 2 N–H and O–H groups in total. The molecule has 0 bridgehead atoms. The lowest BCUT2D eigenvalue weighted by atomic mass is 10.00. The number of aromatic nitrogens is 1. The van der Waals surface area contributed by atoms with Crippen molar-refractivity contribution in [2.75, 3.05) is 7.11 Å². The number of halogens is 1. The molecule has 0 fully saturated rings. The van der Waals surface area contributed by atoms with E-state index in [1.165, 1.54) is 7.11 Å². The average Bonchev–Trinajstić information content (AvgIpc) is 2.48. The van der Waals surface area contributed by atoms with Gasteiger partial charge in [-0.2, -0.15) is 0 Å². The van der Waals surface area contributed by atoms with Gasteiger partial charge < -0.3 is 10.5 Å². The SMILES string of the molecule is COC(=O)CCC(N)Cc1ccc(Br)c2cccnc12. The van der Waals surface area contributed by atoms with Crippen molar-refractivity contribution < 1.29 is 9.53 Å². The zero-order valence-corrected chi connectivity index (χ0v) is 12.9. The second-order valence-corrected chi connectivity index (χ2v) is 5.54. The monoisotopic (exact) mass is 336 g/mol. The molecule has 0 saturated heterocycles. The summed E-state index contributed by atoms with van der Waals surface area (Å²) in [6.45, 7) is 0. The summed E-state index contributed by atoms with van der Waals surface area (Å²) < 4.78 is 5.64. The van der Waals surface area contributed by atoms with Crippen molar-refractivity contribution in [2.45, 2.75) is 25.3 Å². The van der Waals surface area contributed by atoms with Gasteiger partial charge in [-0.05, 0) is 30.5 Å². The number of fused-ring (bicyclic) bond motifs is 1. The van der Waals surface area contributed by atoms with E-state index < -0.39 is 0 Å². The molecule has 0 saturated carbocycles. The van der Waals surface area contributed by atoms with Crippen LogP contribution in [0.5, 0.6) is 0 Å². The second-order valence-electron chi connectivity index (χ2n) is 4.69. The fraction of sp³-hybridized carbons (Fsp3) is 0.333. The van der Waals surface area contributed by atoms with Gasteiger partial charge in [-0.15, -0.1) is 0 Å². The van der Waals surface area contributed by atoms with Gasteiger partial charge in [0.1, 0.15) is 0 Å². The highest BCUT2D eigenvalue weighted by Gasteiger charge is 2.11. The number of esters is 1. The first kappa shape index (κ1) is 14.9. The van der Waals surface area contributed by atoms with Crippen LogP contribution in [-0.2, 0) is 16.0 Å². The fourth-order valence-corrected chi connectivity index (χ4v) is 2.60. The summed E-state index contributed by atoms with van der Waals surface area (Å²) >= 11 is 3.52. The van der Waals surface area contributed by atoms with Gasteiger partial charge in [0.2, 0.25) is 0 Å². The summed E-state index contributed by atoms with van der Waals surface area (Å²) in [7, 11) is 1.39. The maximum absolute atomic E-state index is 11.1. The molecule has 4 nitrogen and oxygen atoms in total. The van der Waals surface area contributed by atoms with E-state index in [1.807, 2.05) is 24.3 Å². The Bertz CT molecular complexity index is 616. The number of carbonyl (C=O) groups excluding carboxylic acids is 1. The molecule has 0 aliphatic heterocycles. The van der Waals surface area contributed by atoms with E-state index >= 15 is 0 Å². The van der Waals surface area contributed by atoms with Gasteiger partial charge in [0.25, 0.3) is 0 Å². The molecule has 0 aliphatic rings. The van der Waals surface area contributed by atoms with Gasteiger partial charge in [-0.1, -0.05) is 28.1 Å². The molecule has 20 heavy (non-hydrogen) atoms. The van der Waals surface area contributed by atoms with E-state index in [-0.39, 0.29) is 12.0 Å². The maximum atomic E-state index is 11.1. The molecular weight excluding hydrogens is 320 g/mol. The lowest BCUT2D eigenvalue weighted by molar-refractivity contribution is -0.140. The fourth-order valence-electron chi connectivity index (χ4n) is 2.15. The number of hydrogen-bond donors (Lipinski definition) is 1. The summed E-state index contributed by atoms with van der Waals surface area (Å²) in [4.78, 5) is 15.6. The van der Waals surface area contributed by atoms with Gasteiger partial charge >= 0.3 is 5.97 Å². The van der Waals surface area contributed by atoms with Crippen molar-refractivity contribution in [1.29, 1.82) is 0 Å². The van der Waals surface area contributed by atoms with Crippen LogP contribution < -0.4 is 5.73 Å². The van der Waals surface area contributed by atoms with Crippen LogP contribution in [0.15, 0.2) is 34.9 Å². The molecule has 1 atom stereocenters. The van der Waals surface area contributed by atoms with Crippen LogP contribution in [0.3, 0.4) is 0 Å². The smallest absolute Gasteiger partial charge is 0.305 e. The molecule has 1 aromatic carbocycles. The number of rotatable bonds is 5. The number of nitrogens with two attached hydrogens (primary N) is 1. The van der Waals surface area contributed by atoms with Crippen LogP contribution in [0.1, 0.15) is 18.4 Å². The largest absolute Gasteiger partial charge is 0.469 e. The molecule has 0 amide bonds. The minimum atomic E-state index is -0.223. The highest BCUT2D eigenvalue weighted by Crippen LogP contribution is 2.26. The van der Waals surface area contributed by atoms with Crippen LogP contribution >= 0.6 is 15.9 Å². The Hall–Kier alpha value is -1.46. The van der Waals surface area contributed by atoms with E-state index in [4.69, 9.17) is 5.73 Å². The zero-order chi connectivity index (χ0) is 14.5. The number of hydrogen-bond acceptors (Lipinski definition) is 4. The first-order valence-corrected chi connectivity index (χ1v) is 7.25. The molecule has 0 spiro atoms. The van der Waals surface area contributed by atoms with E-state index in [2.05, 4.69) is 25.7 Å². The molecule has 0 aliphatic carbocycles. The third-order valence-electron chi connectivity index (χ3n) is 3.23. The van der Waals surface area contributed by atoms with Gasteiger partial charge in [0, 0.05) is 28.5 Å². The number of methoxy groups -OCH3 is 1. The highest BCUT2D eigenvalue weighted by molar-refractivity contribution is 9.10. The predicted octanol–water partition coefficient (Wildman–Crippen LogP) is 2.82. The number of carbonyl (C=O) groups is 1. The topological polar surface area (TPSA) is 65.2 Å². The zero-order valence-electron chi connectivity index (χ0n) is 11.3.